The van der Waals surface area contributed by atoms with E-state index in [4.69, 9.17) is 5.11 Å². The number of rotatable bonds is 3. The molecule has 3 rings (SSSR count). The van der Waals surface area contributed by atoms with Gasteiger partial charge in [0.15, 0.2) is 0 Å². The number of hydrogen-bond acceptors (Lipinski definition) is 4. The summed E-state index contributed by atoms with van der Waals surface area (Å²) in [5.74, 6) is 0.625. The number of aliphatic hydroxyl groups is 1. The van der Waals surface area contributed by atoms with Crippen LogP contribution >= 0.6 is 22.7 Å². The van der Waals surface area contributed by atoms with Crippen molar-refractivity contribution in [3.05, 3.63) is 22.4 Å². The molecule has 0 aromatic carbocycles. The molecule has 0 spiro atoms. The summed E-state index contributed by atoms with van der Waals surface area (Å²) in [6, 6.07) is 4.09. The maximum Gasteiger partial charge on any atom is 0.264 e. The highest BCUT2D eigenvalue weighted by molar-refractivity contribution is 7.27. The SMILES string of the molecule is O=C(c1cc2sccc2s1)N1CCCC(CCO)C1. The summed E-state index contributed by atoms with van der Waals surface area (Å²) < 4.78 is 2.41. The van der Waals surface area contributed by atoms with Crippen molar-refractivity contribution in [1.29, 1.82) is 0 Å². The van der Waals surface area contributed by atoms with E-state index in [1.807, 2.05) is 11.0 Å². The lowest BCUT2D eigenvalue weighted by Crippen LogP contribution is -2.39. The second-order valence-corrected chi connectivity index (χ2v) is 7.06. The smallest absolute Gasteiger partial charge is 0.264 e. The molecule has 5 heteroatoms. The van der Waals surface area contributed by atoms with Crippen molar-refractivity contribution in [2.75, 3.05) is 19.7 Å². The number of hydrogen-bond donors (Lipinski definition) is 1. The summed E-state index contributed by atoms with van der Waals surface area (Å²) in [5, 5.41) is 11.1. The van der Waals surface area contributed by atoms with Crippen LogP contribution in [0, 0.1) is 5.92 Å². The van der Waals surface area contributed by atoms with Crippen LogP contribution in [0.1, 0.15) is 28.9 Å². The van der Waals surface area contributed by atoms with Crippen LogP contribution in [0.15, 0.2) is 17.5 Å². The lowest BCUT2D eigenvalue weighted by Gasteiger charge is -2.32. The van der Waals surface area contributed by atoms with Crippen molar-refractivity contribution < 1.29 is 9.90 Å². The number of thiophene rings is 2. The molecule has 1 amide bonds. The van der Waals surface area contributed by atoms with Gasteiger partial charge in [0.25, 0.3) is 5.91 Å². The lowest BCUT2D eigenvalue weighted by atomic mass is 9.95. The topological polar surface area (TPSA) is 40.5 Å². The third kappa shape index (κ3) is 2.68. The van der Waals surface area contributed by atoms with Crippen LogP contribution in [-0.2, 0) is 0 Å². The van der Waals surface area contributed by atoms with Gasteiger partial charge in [0.05, 0.1) is 4.88 Å². The Morgan fingerprint density at radius 2 is 2.37 bits per heavy atom. The molecule has 1 N–H and O–H groups in total. The molecule has 1 unspecified atom stereocenters. The van der Waals surface area contributed by atoms with Gasteiger partial charge in [-0.1, -0.05) is 0 Å². The molecule has 0 radical (unpaired) electrons. The number of likely N-dealkylation sites (tertiary alicyclic amines) is 1. The number of carbonyl (C=O) groups excluding carboxylic acids is 1. The number of amides is 1. The Labute approximate surface area is 120 Å². The van der Waals surface area contributed by atoms with Crippen LogP contribution < -0.4 is 0 Å². The molecule has 3 nitrogen and oxygen atoms in total. The van der Waals surface area contributed by atoms with Gasteiger partial charge in [0.1, 0.15) is 0 Å². The van der Waals surface area contributed by atoms with Crippen LogP contribution in [-0.4, -0.2) is 35.6 Å². The Morgan fingerprint density at radius 1 is 1.47 bits per heavy atom. The van der Waals surface area contributed by atoms with E-state index in [0.717, 1.165) is 37.2 Å². The van der Waals surface area contributed by atoms with Crippen molar-refractivity contribution in [3.8, 4) is 0 Å². The molecule has 2 aromatic heterocycles. The van der Waals surface area contributed by atoms with Crippen molar-refractivity contribution in [2.45, 2.75) is 19.3 Å². The van der Waals surface area contributed by atoms with Gasteiger partial charge in [0.2, 0.25) is 0 Å². The molecule has 1 aliphatic heterocycles. The van der Waals surface area contributed by atoms with Gasteiger partial charge >= 0.3 is 0 Å². The molecule has 1 aliphatic rings. The standard InChI is InChI=1S/C14H17NO2S2/c16-6-3-10-2-1-5-15(9-10)14(17)13-8-12-11(19-13)4-7-18-12/h4,7-8,10,16H,1-3,5-6,9H2. The first-order chi connectivity index (χ1) is 9.28. The predicted octanol–water partition coefficient (Wildman–Crippen LogP) is 3.20. The van der Waals surface area contributed by atoms with Crippen LogP contribution in [0.2, 0.25) is 0 Å². The fraction of sp³-hybridized carbons (Fsp3) is 0.500. The van der Waals surface area contributed by atoms with Gasteiger partial charge in [-0.2, -0.15) is 0 Å². The highest BCUT2D eigenvalue weighted by atomic mass is 32.1. The quantitative estimate of drug-likeness (QED) is 0.944. The Bertz CT molecular complexity index is 544. The molecule has 2 aromatic rings. The zero-order chi connectivity index (χ0) is 13.2. The first-order valence-electron chi connectivity index (χ1n) is 6.65. The largest absolute Gasteiger partial charge is 0.396 e. The van der Waals surface area contributed by atoms with Crippen LogP contribution in [0.4, 0.5) is 0 Å². The van der Waals surface area contributed by atoms with E-state index in [1.54, 1.807) is 22.7 Å². The van der Waals surface area contributed by atoms with Gasteiger partial charge in [-0.3, -0.25) is 4.79 Å². The maximum atomic E-state index is 12.5. The summed E-state index contributed by atoms with van der Waals surface area (Å²) in [5.41, 5.74) is 0. The zero-order valence-electron chi connectivity index (χ0n) is 10.7. The second-order valence-electron chi connectivity index (χ2n) is 5.03. The van der Waals surface area contributed by atoms with Gasteiger partial charge in [-0.15, -0.1) is 22.7 Å². The summed E-state index contributed by atoms with van der Waals surface area (Å²) in [7, 11) is 0. The average Bonchev–Trinajstić information content (AvgIpc) is 2.99. The second kappa shape index (κ2) is 5.61. The van der Waals surface area contributed by atoms with Crippen LogP contribution in [0.25, 0.3) is 9.40 Å². The minimum Gasteiger partial charge on any atom is -0.396 e. The highest BCUT2D eigenvalue weighted by Gasteiger charge is 2.25. The van der Waals surface area contributed by atoms with Crippen molar-refractivity contribution >= 4 is 38.0 Å². The number of piperidine rings is 1. The van der Waals surface area contributed by atoms with Crippen LogP contribution in [0.5, 0.6) is 0 Å². The molecule has 0 saturated carbocycles. The van der Waals surface area contributed by atoms with Crippen LogP contribution in [0.3, 0.4) is 0 Å². The summed E-state index contributed by atoms with van der Waals surface area (Å²) in [6.07, 6.45) is 2.99. The van der Waals surface area contributed by atoms with Gasteiger partial charge in [0, 0.05) is 29.1 Å². The fourth-order valence-electron chi connectivity index (χ4n) is 2.69. The molecule has 1 fully saturated rings. The minimum atomic E-state index is 0.163. The van der Waals surface area contributed by atoms with E-state index in [9.17, 15) is 4.79 Å². The zero-order valence-corrected chi connectivity index (χ0v) is 12.3. The maximum absolute atomic E-state index is 12.5. The van der Waals surface area contributed by atoms with Gasteiger partial charge in [-0.25, -0.2) is 0 Å². The lowest BCUT2D eigenvalue weighted by molar-refractivity contribution is 0.0658. The molecule has 102 valence electrons. The molecule has 0 bridgehead atoms. The normalized spacial score (nSPS) is 20.1. The first-order valence-corrected chi connectivity index (χ1v) is 8.34. The summed E-state index contributed by atoms with van der Waals surface area (Å²) in [6.45, 7) is 1.87. The summed E-state index contributed by atoms with van der Waals surface area (Å²) in [4.78, 5) is 15.3. The molecular weight excluding hydrogens is 278 g/mol. The third-order valence-corrected chi connectivity index (χ3v) is 5.78. The van der Waals surface area contributed by atoms with Crippen molar-refractivity contribution in [1.82, 2.24) is 4.90 Å². The number of fused-ring (bicyclic) bond motifs is 1. The molecule has 0 aliphatic carbocycles. The van der Waals surface area contributed by atoms with E-state index in [2.05, 4.69) is 11.4 Å². The monoisotopic (exact) mass is 295 g/mol. The molecule has 1 saturated heterocycles. The number of carbonyl (C=O) groups is 1. The average molecular weight is 295 g/mol. The van der Waals surface area contributed by atoms with Gasteiger partial charge < -0.3 is 10.0 Å². The summed E-state index contributed by atoms with van der Waals surface area (Å²) >= 11 is 3.28. The molecule has 3 heterocycles. The van der Waals surface area contributed by atoms with Crippen molar-refractivity contribution in [3.63, 3.8) is 0 Å². The Hall–Kier alpha value is -0.910. The van der Waals surface area contributed by atoms with E-state index >= 15 is 0 Å². The molecular formula is C14H17NO2S2. The first kappa shape index (κ1) is 13.1. The van der Waals surface area contributed by atoms with Gasteiger partial charge in [-0.05, 0) is 42.7 Å². The number of nitrogens with zero attached hydrogens (tertiary/aromatic N) is 1. The third-order valence-electron chi connectivity index (χ3n) is 3.69. The van der Waals surface area contributed by atoms with E-state index < -0.39 is 0 Å². The highest BCUT2D eigenvalue weighted by Crippen LogP contribution is 2.31. The Balaban J connectivity index is 1.74. The van der Waals surface area contributed by atoms with Crippen molar-refractivity contribution in [2.24, 2.45) is 5.92 Å². The van der Waals surface area contributed by atoms with E-state index in [1.165, 1.54) is 9.40 Å². The Morgan fingerprint density at radius 3 is 3.16 bits per heavy atom. The fourth-order valence-corrected chi connectivity index (χ4v) is 4.77. The number of aliphatic hydroxyl groups excluding tert-OH is 1. The van der Waals surface area contributed by atoms with E-state index in [0.29, 0.717) is 5.92 Å². The minimum absolute atomic E-state index is 0.163. The Kier molecular flexibility index (Phi) is 3.86. The molecule has 1 atom stereocenters. The predicted molar refractivity (Wildman–Crippen MR) is 80.0 cm³/mol. The molecule has 19 heavy (non-hydrogen) atoms. The van der Waals surface area contributed by atoms with E-state index in [-0.39, 0.29) is 12.5 Å².